The molecule has 1 aromatic carbocycles. The second kappa shape index (κ2) is 8.36. The number of amides is 2. The van der Waals surface area contributed by atoms with Gasteiger partial charge in [0.05, 0.1) is 5.84 Å². The van der Waals surface area contributed by atoms with Crippen LogP contribution in [-0.4, -0.2) is 47.3 Å². The number of nitrogens with one attached hydrogen (secondary N) is 3. The van der Waals surface area contributed by atoms with Crippen LogP contribution in [0.1, 0.15) is 80.6 Å². The Kier molecular flexibility index (Phi) is 5.43. The zero-order valence-electron chi connectivity index (χ0n) is 20.1. The van der Waals surface area contributed by atoms with Crippen molar-refractivity contribution in [1.82, 2.24) is 15.5 Å². The minimum atomic E-state index is -0.505. The molecule has 1 saturated heterocycles. The number of hydrogen-bond donors (Lipinski definition) is 3. The van der Waals surface area contributed by atoms with E-state index in [2.05, 4.69) is 17.6 Å². The van der Waals surface area contributed by atoms with Crippen molar-refractivity contribution in [3.63, 3.8) is 0 Å². The van der Waals surface area contributed by atoms with Gasteiger partial charge in [-0.25, -0.2) is 0 Å². The zero-order chi connectivity index (χ0) is 23.4. The highest BCUT2D eigenvalue weighted by Gasteiger charge is 2.52. The normalized spacial score (nSPS) is 36.8. The third-order valence-electron chi connectivity index (χ3n) is 9.09. The van der Waals surface area contributed by atoms with Gasteiger partial charge in [-0.3, -0.25) is 15.0 Å². The highest BCUT2D eigenvalue weighted by atomic mass is 16.5. The van der Waals surface area contributed by atoms with Crippen LogP contribution in [0.2, 0.25) is 0 Å². The maximum Gasteiger partial charge on any atom is 0.255 e. The summed E-state index contributed by atoms with van der Waals surface area (Å²) in [5, 5.41) is 14.1. The van der Waals surface area contributed by atoms with E-state index in [1.165, 1.54) is 32.1 Å². The minimum absolute atomic E-state index is 0.101. The standard InChI is InChI=1S/C27H36N4O3/c1-27-11-17(12-27)18(13-27)14-29-21-4-2-3-5-23(21)34-19-6-7-20-16(10-19)15-31(26(20)33)22-8-9-24(28)30-25(22)32/h6-7,10,17-18,21-23,29H,2-5,8-9,11-15H2,1H3,(H2,28,30,32)/t17?,18-,21+,22?,23+,27?/m1/s1. The van der Waals surface area contributed by atoms with Crippen LogP contribution in [0, 0.1) is 22.7 Å². The van der Waals surface area contributed by atoms with Crippen molar-refractivity contribution in [3.05, 3.63) is 29.3 Å². The molecule has 0 spiro atoms. The molecule has 7 rings (SSSR count). The lowest BCUT2D eigenvalue weighted by molar-refractivity contribution is -0.125. The van der Waals surface area contributed by atoms with E-state index >= 15 is 0 Å². The molecular formula is C27H36N4O3. The fourth-order valence-corrected chi connectivity index (χ4v) is 7.34. The van der Waals surface area contributed by atoms with Gasteiger partial charge in [-0.1, -0.05) is 13.3 Å². The Hall–Kier alpha value is -2.41. The predicted octanol–water partition coefficient (Wildman–Crippen LogP) is 3.61. The second-order valence-corrected chi connectivity index (χ2v) is 11.7. The Labute approximate surface area is 201 Å². The number of rotatable bonds is 6. The van der Waals surface area contributed by atoms with E-state index in [1.54, 1.807) is 4.90 Å². The van der Waals surface area contributed by atoms with Gasteiger partial charge in [-0.15, -0.1) is 0 Å². The number of hydrogen-bond acceptors (Lipinski definition) is 5. The number of fused-ring (bicyclic) bond motifs is 2. The van der Waals surface area contributed by atoms with Crippen LogP contribution in [0.5, 0.6) is 5.75 Å². The Morgan fingerprint density at radius 1 is 1.18 bits per heavy atom. The molecule has 2 heterocycles. The van der Waals surface area contributed by atoms with Crippen LogP contribution < -0.4 is 15.4 Å². The molecule has 4 aliphatic carbocycles. The molecule has 0 radical (unpaired) electrons. The molecule has 2 amide bonds. The highest BCUT2D eigenvalue weighted by Crippen LogP contribution is 2.61. The van der Waals surface area contributed by atoms with Crippen LogP contribution >= 0.6 is 0 Å². The van der Waals surface area contributed by atoms with E-state index in [0.717, 1.165) is 42.5 Å². The number of carbonyl (C=O) groups excluding carboxylic acids is 2. The SMILES string of the molecule is CC12CC(C1)[C@@H](CN[C@H]1CCCC[C@@H]1Oc1ccc3c(c1)CN(C1CCC(=N)NC1=O)C3=O)C2. The number of piperidine rings is 1. The van der Waals surface area contributed by atoms with Crippen molar-refractivity contribution in [1.29, 1.82) is 5.41 Å². The average molecular weight is 465 g/mol. The minimum Gasteiger partial charge on any atom is -0.489 e. The molecule has 3 N–H and O–H groups in total. The zero-order valence-corrected chi connectivity index (χ0v) is 20.1. The van der Waals surface area contributed by atoms with E-state index in [4.69, 9.17) is 10.1 Å². The van der Waals surface area contributed by atoms with Crippen molar-refractivity contribution in [2.45, 2.75) is 89.4 Å². The summed E-state index contributed by atoms with van der Waals surface area (Å²) in [5.74, 6) is 2.45. The van der Waals surface area contributed by atoms with Gasteiger partial charge in [0, 0.05) is 24.6 Å². The van der Waals surface area contributed by atoms with E-state index in [-0.39, 0.29) is 23.8 Å². The molecule has 0 aromatic heterocycles. The topological polar surface area (TPSA) is 94.5 Å². The average Bonchev–Trinajstić information content (AvgIpc) is 3.40. The van der Waals surface area contributed by atoms with Crippen molar-refractivity contribution < 1.29 is 14.3 Å². The number of nitrogens with zero attached hydrogens (tertiary/aromatic N) is 1. The largest absolute Gasteiger partial charge is 0.489 e. The van der Waals surface area contributed by atoms with E-state index in [1.807, 2.05) is 18.2 Å². The number of ether oxygens (including phenoxy) is 1. The van der Waals surface area contributed by atoms with E-state index < -0.39 is 6.04 Å². The third kappa shape index (κ3) is 3.92. The fourth-order valence-electron chi connectivity index (χ4n) is 7.34. The molecule has 7 nitrogen and oxygen atoms in total. The van der Waals surface area contributed by atoms with Crippen LogP contribution in [0.25, 0.3) is 0 Å². The summed E-state index contributed by atoms with van der Waals surface area (Å²) in [4.78, 5) is 27.0. The van der Waals surface area contributed by atoms with Crippen LogP contribution in [0.3, 0.4) is 0 Å². The molecule has 6 aliphatic rings. The first-order chi connectivity index (χ1) is 16.4. The molecule has 4 saturated carbocycles. The first-order valence-electron chi connectivity index (χ1n) is 13.1. The summed E-state index contributed by atoms with van der Waals surface area (Å²) >= 11 is 0. The van der Waals surface area contributed by atoms with Gasteiger partial charge in [-0.05, 0) is 92.5 Å². The Morgan fingerprint density at radius 2 is 2.00 bits per heavy atom. The summed E-state index contributed by atoms with van der Waals surface area (Å²) < 4.78 is 6.52. The third-order valence-corrected chi connectivity index (χ3v) is 9.09. The summed E-state index contributed by atoms with van der Waals surface area (Å²) in [6.45, 7) is 3.98. The predicted molar refractivity (Wildman–Crippen MR) is 129 cm³/mol. The van der Waals surface area contributed by atoms with Gasteiger partial charge in [0.25, 0.3) is 5.91 Å². The molecule has 34 heavy (non-hydrogen) atoms. The Bertz CT molecular complexity index is 1020. The molecule has 7 heteroatoms. The van der Waals surface area contributed by atoms with Crippen LogP contribution in [-0.2, 0) is 11.3 Å². The molecule has 4 atom stereocenters. The summed E-state index contributed by atoms with van der Waals surface area (Å²) in [6, 6.07) is 5.64. The lowest BCUT2D eigenvalue weighted by Gasteiger charge is -2.36. The van der Waals surface area contributed by atoms with Crippen molar-refractivity contribution in [2.24, 2.45) is 17.3 Å². The van der Waals surface area contributed by atoms with Gasteiger partial charge < -0.3 is 20.3 Å². The Morgan fingerprint density at radius 3 is 2.76 bits per heavy atom. The van der Waals surface area contributed by atoms with Crippen LogP contribution in [0.4, 0.5) is 0 Å². The number of carbonyl (C=O) groups is 2. The fraction of sp³-hybridized carbons (Fsp3) is 0.667. The van der Waals surface area contributed by atoms with Gasteiger partial charge in [0.15, 0.2) is 0 Å². The molecule has 5 fully saturated rings. The monoisotopic (exact) mass is 464 g/mol. The van der Waals surface area contributed by atoms with Gasteiger partial charge >= 0.3 is 0 Å². The molecule has 182 valence electrons. The lowest BCUT2D eigenvalue weighted by Crippen LogP contribution is -2.52. The molecule has 1 unspecified atom stereocenters. The number of amidine groups is 1. The van der Waals surface area contributed by atoms with Crippen LogP contribution in [0.15, 0.2) is 18.2 Å². The summed E-state index contributed by atoms with van der Waals surface area (Å²) in [7, 11) is 0. The smallest absolute Gasteiger partial charge is 0.255 e. The quantitative estimate of drug-likeness (QED) is 0.599. The summed E-state index contributed by atoms with van der Waals surface area (Å²) in [5.41, 5.74) is 2.21. The number of benzene rings is 1. The molecule has 1 aromatic rings. The molecular weight excluding hydrogens is 428 g/mol. The lowest BCUT2D eigenvalue weighted by atomic mass is 9.71. The molecule has 2 bridgehead atoms. The second-order valence-electron chi connectivity index (χ2n) is 11.7. The Balaban J connectivity index is 1.10. The first kappa shape index (κ1) is 22.1. The highest BCUT2D eigenvalue weighted by molar-refractivity contribution is 6.06. The maximum absolute atomic E-state index is 13.0. The maximum atomic E-state index is 13.0. The van der Waals surface area contributed by atoms with Crippen molar-refractivity contribution in [3.8, 4) is 5.75 Å². The van der Waals surface area contributed by atoms with Gasteiger partial charge in [-0.2, -0.15) is 0 Å². The van der Waals surface area contributed by atoms with E-state index in [9.17, 15) is 9.59 Å². The van der Waals surface area contributed by atoms with Gasteiger partial charge in [0.1, 0.15) is 17.9 Å². The van der Waals surface area contributed by atoms with Crippen molar-refractivity contribution >= 4 is 17.6 Å². The van der Waals surface area contributed by atoms with Gasteiger partial charge in [0.2, 0.25) is 5.91 Å². The first-order valence-corrected chi connectivity index (χ1v) is 13.1. The van der Waals surface area contributed by atoms with E-state index in [0.29, 0.717) is 36.4 Å². The van der Waals surface area contributed by atoms with Crippen molar-refractivity contribution in [2.75, 3.05) is 6.54 Å². The molecule has 2 aliphatic heterocycles. The summed E-state index contributed by atoms with van der Waals surface area (Å²) in [6.07, 6.45) is 10.0.